The number of imide groups is 1. The lowest BCUT2D eigenvalue weighted by atomic mass is 9.83. The van der Waals surface area contributed by atoms with E-state index in [9.17, 15) is 52.7 Å². The monoisotopic (exact) mass is 1970 g/mol. The number of amides is 2. The normalized spacial score (nSPS) is 14.1. The van der Waals surface area contributed by atoms with E-state index >= 15 is 0 Å². The third-order valence-corrected chi connectivity index (χ3v) is 22.4. The number of halogens is 4. The summed E-state index contributed by atoms with van der Waals surface area (Å²) in [6, 6.07) is 44.4. The highest BCUT2D eigenvalue weighted by atomic mass is 79.9. The molecule has 27 nitrogen and oxygen atoms in total. The zero-order valence-corrected chi connectivity index (χ0v) is 79.7. The van der Waals surface area contributed by atoms with Crippen LogP contribution in [0, 0.1) is 21.7 Å². The number of fused-ring (bicyclic) bond motifs is 1. The third kappa shape index (κ3) is 35.7. The predicted octanol–water partition coefficient (Wildman–Crippen LogP) is 15.1. The Hall–Kier alpha value is -7.34. The van der Waals surface area contributed by atoms with E-state index in [0.717, 1.165) is 10.7 Å². The van der Waals surface area contributed by atoms with Crippen LogP contribution in [0.3, 0.4) is 0 Å². The fourth-order valence-corrected chi connectivity index (χ4v) is 17.0. The predicted molar refractivity (Wildman–Crippen MR) is 471 cm³/mol. The molecular weight excluding hydrogens is 1850 g/mol. The fourth-order valence-electron chi connectivity index (χ4n) is 12.3. The molecule has 1 heterocycles. The van der Waals surface area contributed by atoms with Crippen molar-refractivity contribution in [1.82, 2.24) is 4.90 Å². The fraction of sp³-hybridized carbons (Fsp3) is 0.539. The van der Waals surface area contributed by atoms with Gasteiger partial charge in [0, 0.05) is 48.2 Å². The average Bonchev–Trinajstić information content (AvgIpc) is 0.830. The standard InChI is InChI=1S/C33H39BrO5S.C21H26BrNO7.C18H23BrO6.C17H31BrO8/c1-31(2,25-32(3,34)30(36)39-23-22-37-4)29(35)38-21-14-24-40-33(26-15-8-5-9-16-26,27-17-10-6-11-18-27)28-19-12-7-13-20-28;1-20(2,13-21(3,22)19(27)30-12-11-28-4)18(26)29-10-9-23-16(24)14-7-5-6-8-15(14)17(23)25;1-17(2,12-18(3,19)16(22)24-10-9-23-4)15(21)25-14-7-5-13(11-20)6-8-14;1-16(2,12-17(3,18)15(20)26-9-7-21-4)14(19)25-10-8-24-11-13(22-5)23-6/h5-13,15-20H,14,21-25H2,1-4H3;5-8H,9-13H2,1-4H3;5-8,11H,9-10,12H2,1-4H3;13H,7-12H2,1-6H3. The number of alkyl halides is 4. The lowest BCUT2D eigenvalue weighted by Gasteiger charge is -2.35. The molecule has 1 aliphatic rings. The number of methoxy groups -OCH3 is 6. The molecule has 0 spiro atoms. The Bertz CT molecular complexity index is 3930. The molecule has 2 amide bonds. The minimum Gasteiger partial charge on any atom is -0.465 e. The third-order valence-electron chi connectivity index (χ3n) is 18.4. The number of rotatable bonds is 48. The quantitative estimate of drug-likeness (QED) is 0.00402. The van der Waals surface area contributed by atoms with Crippen LogP contribution in [0.5, 0.6) is 5.75 Å². The van der Waals surface area contributed by atoms with Crippen molar-refractivity contribution < 1.29 is 124 Å². The molecule has 121 heavy (non-hydrogen) atoms. The summed E-state index contributed by atoms with van der Waals surface area (Å²) in [6.45, 7) is 22.8. The molecule has 0 aromatic heterocycles. The van der Waals surface area contributed by atoms with Gasteiger partial charge in [0.1, 0.15) is 69.0 Å². The number of carbonyl (C=O) groups excluding carboxylic acids is 11. The van der Waals surface area contributed by atoms with Crippen LogP contribution in [0.4, 0.5) is 0 Å². The molecule has 5 aromatic carbocycles. The van der Waals surface area contributed by atoms with Crippen LogP contribution in [0.15, 0.2) is 140 Å². The zero-order valence-electron chi connectivity index (χ0n) is 72.6. The Labute approximate surface area is 749 Å². The lowest BCUT2D eigenvalue weighted by Crippen LogP contribution is -2.41. The number of hydrogen-bond acceptors (Lipinski definition) is 27. The van der Waals surface area contributed by atoms with Crippen molar-refractivity contribution in [3.8, 4) is 5.75 Å². The highest BCUT2D eigenvalue weighted by Gasteiger charge is 2.47. The summed E-state index contributed by atoms with van der Waals surface area (Å²) in [5, 5.41) is 0. The Kier molecular flexibility index (Phi) is 46.7. The molecule has 0 bridgehead atoms. The van der Waals surface area contributed by atoms with E-state index in [0.29, 0.717) is 61.6 Å². The van der Waals surface area contributed by atoms with E-state index < -0.39 is 104 Å². The van der Waals surface area contributed by atoms with E-state index in [2.05, 4.69) is 137 Å². The number of benzene rings is 5. The number of aldehydes is 1. The summed E-state index contributed by atoms with van der Waals surface area (Å²) < 4.78 is 72.4. The number of thioether (sulfide) groups is 1. The summed E-state index contributed by atoms with van der Waals surface area (Å²) in [5.74, 6) is -3.36. The molecule has 4 unspecified atom stereocenters. The number of nitrogens with zero attached hydrogens (tertiary/aromatic N) is 1. The number of hydrogen-bond donors (Lipinski definition) is 0. The Morgan fingerprint density at radius 3 is 0.992 bits per heavy atom. The van der Waals surface area contributed by atoms with Gasteiger partial charge in [-0.15, -0.1) is 11.8 Å². The molecule has 0 N–H and O–H groups in total. The second-order valence-electron chi connectivity index (χ2n) is 31.3. The Balaban J connectivity index is 0.000000425. The first-order valence-corrected chi connectivity index (χ1v) is 43.1. The molecule has 670 valence electrons. The van der Waals surface area contributed by atoms with Crippen molar-refractivity contribution in [2.24, 2.45) is 21.7 Å². The Morgan fingerprint density at radius 2 is 0.669 bits per heavy atom. The largest absolute Gasteiger partial charge is 0.465 e. The molecular formula is C89H119Br4NO26S. The summed E-state index contributed by atoms with van der Waals surface area (Å²) in [7, 11) is 9.11. The maximum atomic E-state index is 13.0. The van der Waals surface area contributed by atoms with E-state index in [-0.39, 0.29) is 97.7 Å². The first-order chi connectivity index (χ1) is 56.9. The van der Waals surface area contributed by atoms with E-state index in [1.54, 1.807) is 139 Å². The van der Waals surface area contributed by atoms with Gasteiger partial charge in [0.05, 0.1) is 90.3 Å². The van der Waals surface area contributed by atoms with Gasteiger partial charge in [0.15, 0.2) is 6.29 Å². The van der Waals surface area contributed by atoms with Gasteiger partial charge in [-0.2, -0.15) is 0 Å². The molecule has 32 heteroatoms. The van der Waals surface area contributed by atoms with Gasteiger partial charge < -0.3 is 71.1 Å². The van der Waals surface area contributed by atoms with Gasteiger partial charge in [-0.1, -0.05) is 167 Å². The van der Waals surface area contributed by atoms with Crippen LogP contribution in [-0.4, -0.2) is 235 Å². The molecule has 0 aliphatic carbocycles. The summed E-state index contributed by atoms with van der Waals surface area (Å²) in [4.78, 5) is 136. The second kappa shape index (κ2) is 52.4. The summed E-state index contributed by atoms with van der Waals surface area (Å²) in [6.07, 6.45) is 1.68. The van der Waals surface area contributed by atoms with Gasteiger partial charge in [-0.05, 0) is 174 Å². The highest BCUT2D eigenvalue weighted by Crippen LogP contribution is 2.49. The minimum absolute atomic E-state index is 0.0429. The number of esters is 8. The number of carbonyl (C=O) groups is 11. The average molecular weight is 1970 g/mol. The summed E-state index contributed by atoms with van der Waals surface area (Å²) in [5.41, 5.74) is 1.05. The van der Waals surface area contributed by atoms with E-state index in [4.69, 9.17) is 71.1 Å². The summed E-state index contributed by atoms with van der Waals surface area (Å²) >= 11 is 15.3. The van der Waals surface area contributed by atoms with Crippen LogP contribution in [0.25, 0.3) is 0 Å². The lowest BCUT2D eigenvalue weighted by molar-refractivity contribution is -0.162. The van der Waals surface area contributed by atoms with Gasteiger partial charge in [0.2, 0.25) is 0 Å². The molecule has 0 saturated carbocycles. The van der Waals surface area contributed by atoms with E-state index in [1.807, 2.05) is 30.0 Å². The minimum atomic E-state index is -1.09. The zero-order chi connectivity index (χ0) is 90.9. The van der Waals surface area contributed by atoms with Crippen molar-refractivity contribution in [2.45, 2.75) is 144 Å². The number of ether oxygens (including phenoxy) is 15. The Morgan fingerprint density at radius 1 is 0.372 bits per heavy atom. The molecule has 5 aromatic rings. The van der Waals surface area contributed by atoms with Gasteiger partial charge in [0.25, 0.3) is 11.8 Å². The van der Waals surface area contributed by atoms with Crippen molar-refractivity contribution in [3.63, 3.8) is 0 Å². The van der Waals surface area contributed by atoms with Crippen LogP contribution in [0.1, 0.15) is 163 Å². The van der Waals surface area contributed by atoms with Crippen LogP contribution >= 0.6 is 75.5 Å². The highest BCUT2D eigenvalue weighted by molar-refractivity contribution is 9.10. The first-order valence-electron chi connectivity index (χ1n) is 39.0. The second-order valence-corrected chi connectivity index (χ2v) is 39.6. The van der Waals surface area contributed by atoms with Gasteiger partial charge in [-0.25, -0.2) is 0 Å². The van der Waals surface area contributed by atoms with Crippen molar-refractivity contribution in [1.29, 1.82) is 0 Å². The SMILES string of the molecule is COCCOC(=O)C(C)(Br)CC(C)(C)C(=O)OCCCSC(c1ccccc1)(c1ccccc1)c1ccccc1.COCCOC(=O)C(C)(Br)CC(C)(C)C(=O)OCCN1C(=O)c2ccccc2C1=O.COCCOC(=O)C(C)(Br)CC(C)(C)C(=O)OCCOCC(OC)OC.COCCOC(=O)C(C)(Br)CC(C)(C)C(=O)Oc1ccc(C=O)cc1. The van der Waals surface area contributed by atoms with Crippen LogP contribution in [-0.2, 0) is 109 Å². The van der Waals surface area contributed by atoms with Crippen molar-refractivity contribution >= 4 is 141 Å². The maximum absolute atomic E-state index is 13.0. The molecule has 0 fully saturated rings. The van der Waals surface area contributed by atoms with Gasteiger partial charge in [-0.3, -0.25) is 57.6 Å². The molecule has 0 radical (unpaired) electrons. The van der Waals surface area contributed by atoms with Crippen LogP contribution < -0.4 is 4.74 Å². The maximum Gasteiger partial charge on any atom is 0.322 e. The first kappa shape index (κ1) is 108. The van der Waals surface area contributed by atoms with Crippen molar-refractivity contribution in [3.05, 3.63) is 173 Å². The van der Waals surface area contributed by atoms with E-state index in [1.165, 1.54) is 52.2 Å². The smallest absolute Gasteiger partial charge is 0.322 e. The molecule has 4 atom stereocenters. The molecule has 0 saturated heterocycles. The van der Waals surface area contributed by atoms with Crippen molar-refractivity contribution in [2.75, 3.05) is 141 Å². The van der Waals surface area contributed by atoms with Crippen LogP contribution in [0.2, 0.25) is 0 Å². The molecule has 1 aliphatic heterocycles. The topological polar surface area (TPSA) is 329 Å². The van der Waals surface area contributed by atoms with Gasteiger partial charge >= 0.3 is 47.8 Å². The molecule has 6 rings (SSSR count).